The van der Waals surface area contributed by atoms with E-state index in [4.69, 9.17) is 0 Å². The van der Waals surface area contributed by atoms with Gasteiger partial charge >= 0.3 is 6.36 Å². The minimum atomic E-state index is -5.44. The van der Waals surface area contributed by atoms with Crippen molar-refractivity contribution < 1.29 is 44.3 Å². The zero-order valence-electron chi connectivity index (χ0n) is 18.0. The molecule has 2 aromatic carbocycles. The fourth-order valence-electron chi connectivity index (χ4n) is 4.37. The Hall–Kier alpha value is -2.65. The fraction of sp³-hybridized carbons (Fsp3) is 0.417. The lowest BCUT2D eigenvalue weighted by Crippen LogP contribution is -2.19. The Morgan fingerprint density at radius 3 is 1.82 bits per heavy atom. The highest BCUT2D eigenvalue weighted by Crippen LogP contribution is 2.40. The molecule has 0 atom stereocenters. The Bertz CT molecular complexity index is 1020. The molecule has 0 aliphatic heterocycles. The van der Waals surface area contributed by atoms with Gasteiger partial charge in [0.05, 0.1) is 5.56 Å². The Balaban J connectivity index is 1.90. The summed E-state index contributed by atoms with van der Waals surface area (Å²) in [6, 6.07) is 1.85. The lowest BCUT2D eigenvalue weighted by atomic mass is 9.77. The normalized spacial score (nSPS) is 19.7. The molecule has 10 heteroatoms. The molecule has 1 fully saturated rings. The Labute approximate surface area is 190 Å². The van der Waals surface area contributed by atoms with Crippen molar-refractivity contribution >= 4 is 11.7 Å². The van der Waals surface area contributed by atoms with Crippen LogP contribution in [0.5, 0.6) is 5.75 Å². The smallest absolute Gasteiger partial charge is 0.399 e. The van der Waals surface area contributed by atoms with Gasteiger partial charge in [-0.2, -0.15) is 0 Å². The summed E-state index contributed by atoms with van der Waals surface area (Å²) in [5.74, 6) is -12.4. The van der Waals surface area contributed by atoms with Gasteiger partial charge in [0.15, 0.2) is 23.3 Å². The molecule has 1 aliphatic carbocycles. The van der Waals surface area contributed by atoms with Crippen LogP contribution in [0, 0.1) is 29.2 Å². The number of benzene rings is 2. The van der Waals surface area contributed by atoms with Crippen LogP contribution in [0.3, 0.4) is 0 Å². The number of hydrogen-bond acceptors (Lipinski definition) is 1. The first-order valence-corrected chi connectivity index (χ1v) is 10.7. The monoisotopic (exact) mass is 496 g/mol. The van der Waals surface area contributed by atoms with Gasteiger partial charge in [-0.15, -0.1) is 13.2 Å². The summed E-state index contributed by atoms with van der Waals surface area (Å²) in [5.41, 5.74) is -2.27. The maximum atomic E-state index is 14.6. The van der Waals surface area contributed by atoms with Crippen LogP contribution in [0.15, 0.2) is 24.3 Å². The van der Waals surface area contributed by atoms with Crippen molar-refractivity contribution in [1.82, 2.24) is 0 Å². The van der Waals surface area contributed by atoms with Gasteiger partial charge in [0, 0.05) is 5.56 Å². The van der Waals surface area contributed by atoms with E-state index in [2.05, 4.69) is 11.7 Å². The van der Waals surface area contributed by atoms with E-state index in [1.54, 1.807) is 0 Å². The average Bonchev–Trinajstić information content (AvgIpc) is 2.75. The molecule has 3 rings (SSSR count). The molecule has 0 saturated heterocycles. The minimum Gasteiger partial charge on any atom is -0.399 e. The van der Waals surface area contributed by atoms with Gasteiger partial charge in [0.1, 0.15) is 11.6 Å². The first-order chi connectivity index (χ1) is 15.9. The molecule has 1 nitrogen and oxygen atoms in total. The average molecular weight is 496 g/mol. The van der Waals surface area contributed by atoms with Crippen LogP contribution in [-0.4, -0.2) is 6.36 Å². The molecule has 34 heavy (non-hydrogen) atoms. The lowest BCUT2D eigenvalue weighted by Gasteiger charge is -2.28. The second kappa shape index (κ2) is 10.3. The largest absolute Gasteiger partial charge is 0.573 e. The highest BCUT2D eigenvalue weighted by Gasteiger charge is 2.34. The molecule has 0 radical (unpaired) electrons. The molecule has 0 N–H and O–H groups in total. The molecule has 0 heterocycles. The van der Waals surface area contributed by atoms with Crippen LogP contribution in [0.2, 0.25) is 0 Å². The van der Waals surface area contributed by atoms with Gasteiger partial charge in [0.2, 0.25) is 5.75 Å². The fourth-order valence-corrected chi connectivity index (χ4v) is 4.37. The van der Waals surface area contributed by atoms with Crippen molar-refractivity contribution in [3.63, 3.8) is 0 Å². The summed E-state index contributed by atoms with van der Waals surface area (Å²) in [4.78, 5) is 0. The number of ether oxygens (including phenoxy) is 1. The Kier molecular flexibility index (Phi) is 7.88. The molecule has 0 bridgehead atoms. The van der Waals surface area contributed by atoms with Gasteiger partial charge in [-0.3, -0.25) is 0 Å². The predicted octanol–water partition coefficient (Wildman–Crippen LogP) is 8.98. The van der Waals surface area contributed by atoms with E-state index in [-0.39, 0.29) is 18.1 Å². The summed E-state index contributed by atoms with van der Waals surface area (Å²) in [5, 5.41) is 0. The third-order valence-electron chi connectivity index (χ3n) is 5.96. The molecular weight excluding hydrogens is 475 g/mol. The van der Waals surface area contributed by atoms with Crippen LogP contribution >= 0.6 is 0 Å². The molecule has 2 aromatic rings. The van der Waals surface area contributed by atoms with E-state index in [1.807, 2.05) is 0 Å². The van der Waals surface area contributed by atoms with E-state index < -0.39 is 58.2 Å². The second-order valence-electron chi connectivity index (χ2n) is 8.31. The molecule has 0 unspecified atom stereocenters. The van der Waals surface area contributed by atoms with E-state index in [1.165, 1.54) is 0 Å². The number of rotatable bonds is 6. The van der Waals surface area contributed by atoms with Crippen LogP contribution in [0.25, 0.3) is 11.7 Å². The second-order valence-corrected chi connectivity index (χ2v) is 8.31. The SMILES string of the molecule is CCCC1CCC(c2cc(F)c(C(F)=C(F)c3cc(F)c(OC(F)(F)F)c(F)c3)c(F)c2)CC1. The van der Waals surface area contributed by atoms with E-state index in [9.17, 15) is 39.5 Å². The van der Waals surface area contributed by atoms with Gasteiger partial charge in [-0.1, -0.05) is 19.8 Å². The van der Waals surface area contributed by atoms with E-state index >= 15 is 0 Å². The zero-order chi connectivity index (χ0) is 25.2. The predicted molar refractivity (Wildman–Crippen MR) is 108 cm³/mol. The first-order valence-electron chi connectivity index (χ1n) is 10.7. The highest BCUT2D eigenvalue weighted by atomic mass is 19.4. The quantitative estimate of drug-likeness (QED) is 0.287. The van der Waals surface area contributed by atoms with Crippen LogP contribution in [0.1, 0.15) is 68.1 Å². The van der Waals surface area contributed by atoms with Gasteiger partial charge in [0.25, 0.3) is 0 Å². The number of halogens is 9. The van der Waals surface area contributed by atoms with Crippen LogP contribution < -0.4 is 4.74 Å². The van der Waals surface area contributed by atoms with Gasteiger partial charge in [-0.05, 0) is 67.3 Å². The molecule has 186 valence electrons. The van der Waals surface area contributed by atoms with E-state index in [0.717, 1.165) is 37.8 Å². The Morgan fingerprint density at radius 2 is 1.35 bits per heavy atom. The molecular formula is C24H21F9O. The summed E-state index contributed by atoms with van der Waals surface area (Å²) in [6.07, 6.45) is -0.174. The standard InChI is InChI=1S/C24H21F9O/c1-2-3-12-4-6-13(7-5-12)14-8-16(25)20(17(26)9-14)22(30)21(29)15-10-18(27)23(19(28)11-15)34-24(31,32)33/h8-13H,2-7H2,1H3. The highest BCUT2D eigenvalue weighted by molar-refractivity contribution is 5.83. The van der Waals surface area contributed by atoms with E-state index in [0.29, 0.717) is 24.3 Å². The van der Waals surface area contributed by atoms with Crippen molar-refractivity contribution in [3.05, 3.63) is 64.2 Å². The molecule has 1 saturated carbocycles. The number of alkyl halides is 3. The maximum absolute atomic E-state index is 14.6. The third kappa shape index (κ3) is 5.88. The first kappa shape index (κ1) is 26.0. The summed E-state index contributed by atoms with van der Waals surface area (Å²) >= 11 is 0. The van der Waals surface area contributed by atoms with Crippen molar-refractivity contribution in [2.45, 2.75) is 57.7 Å². The summed E-state index contributed by atoms with van der Waals surface area (Å²) in [6.45, 7) is 2.07. The zero-order valence-corrected chi connectivity index (χ0v) is 18.0. The van der Waals surface area contributed by atoms with Crippen molar-refractivity contribution in [2.24, 2.45) is 5.92 Å². The van der Waals surface area contributed by atoms with Crippen molar-refractivity contribution in [2.75, 3.05) is 0 Å². The molecule has 0 aromatic heterocycles. The topological polar surface area (TPSA) is 9.23 Å². The number of hydrogen-bond donors (Lipinski definition) is 0. The van der Waals surface area contributed by atoms with Crippen molar-refractivity contribution in [1.29, 1.82) is 0 Å². The van der Waals surface area contributed by atoms with Crippen LogP contribution in [-0.2, 0) is 0 Å². The minimum absolute atomic E-state index is 0.0258. The lowest BCUT2D eigenvalue weighted by molar-refractivity contribution is -0.276. The molecule has 1 aliphatic rings. The summed E-state index contributed by atoms with van der Waals surface area (Å²) < 4.78 is 126. The third-order valence-corrected chi connectivity index (χ3v) is 5.96. The van der Waals surface area contributed by atoms with Gasteiger partial charge < -0.3 is 4.74 Å². The summed E-state index contributed by atoms with van der Waals surface area (Å²) in [7, 11) is 0. The van der Waals surface area contributed by atoms with Gasteiger partial charge in [-0.25, -0.2) is 26.3 Å². The van der Waals surface area contributed by atoms with Crippen LogP contribution in [0.4, 0.5) is 39.5 Å². The van der Waals surface area contributed by atoms with Crippen molar-refractivity contribution in [3.8, 4) is 5.75 Å². The maximum Gasteiger partial charge on any atom is 0.573 e. The molecule has 0 spiro atoms. The Morgan fingerprint density at radius 1 is 0.824 bits per heavy atom. The molecule has 0 amide bonds.